The number of sulfonamides is 1. The molecule has 0 saturated heterocycles. The molecular formula is C19H13F4N5O3S. The molecule has 8 nitrogen and oxygen atoms in total. The number of ether oxygens (including phenoxy) is 1. The zero-order valence-electron chi connectivity index (χ0n) is 16.2. The second-order valence-corrected chi connectivity index (χ2v) is 8.44. The van der Waals surface area contributed by atoms with Gasteiger partial charge in [-0.1, -0.05) is 0 Å². The number of hydrogen-bond donors (Lipinski definition) is 0. The van der Waals surface area contributed by atoms with Crippen LogP contribution >= 0.6 is 0 Å². The molecule has 2 heterocycles. The number of benzene rings is 2. The van der Waals surface area contributed by atoms with Gasteiger partial charge in [0.2, 0.25) is 5.88 Å². The fraction of sp³-hybridized carbons (Fsp3) is 0.105. The highest BCUT2D eigenvalue weighted by Crippen LogP contribution is 2.32. The highest BCUT2D eigenvalue weighted by atomic mass is 32.2. The van der Waals surface area contributed by atoms with Crippen LogP contribution < -0.4 is 9.04 Å². The Hall–Kier alpha value is -3.74. The molecule has 0 N–H and O–H groups in total. The first kappa shape index (κ1) is 21.5. The predicted molar refractivity (Wildman–Crippen MR) is 104 cm³/mol. The molecule has 32 heavy (non-hydrogen) atoms. The summed E-state index contributed by atoms with van der Waals surface area (Å²) in [5.41, 5.74) is -0.951. The third-order valence-electron chi connectivity index (χ3n) is 4.40. The molecule has 0 radical (unpaired) electrons. The zero-order chi connectivity index (χ0) is 23.1. The molecule has 0 unspecified atom stereocenters. The zero-order valence-corrected chi connectivity index (χ0v) is 17.0. The van der Waals surface area contributed by atoms with E-state index >= 15 is 0 Å². The molecule has 0 amide bonds. The topological polar surface area (TPSA) is 89.7 Å². The van der Waals surface area contributed by atoms with Crippen LogP contribution in [0.2, 0.25) is 0 Å². The summed E-state index contributed by atoms with van der Waals surface area (Å²) in [6, 6.07) is 10.6. The van der Waals surface area contributed by atoms with Crippen molar-refractivity contribution in [2.75, 3.05) is 11.4 Å². The maximum absolute atomic E-state index is 13.1. The van der Waals surface area contributed by atoms with Gasteiger partial charge >= 0.3 is 6.18 Å². The van der Waals surface area contributed by atoms with Gasteiger partial charge in [0.1, 0.15) is 17.9 Å². The Labute approximate surface area is 178 Å². The van der Waals surface area contributed by atoms with Crippen LogP contribution in [0.4, 0.5) is 23.2 Å². The van der Waals surface area contributed by atoms with E-state index in [1.165, 1.54) is 31.3 Å². The molecule has 4 aromatic rings. The Bertz CT molecular complexity index is 1370. The minimum absolute atomic E-state index is 0.105. The van der Waals surface area contributed by atoms with E-state index < -0.39 is 27.7 Å². The van der Waals surface area contributed by atoms with Crippen molar-refractivity contribution < 1.29 is 30.7 Å². The Morgan fingerprint density at radius 2 is 1.69 bits per heavy atom. The first-order valence-electron chi connectivity index (χ1n) is 8.86. The predicted octanol–water partition coefficient (Wildman–Crippen LogP) is 3.90. The first-order valence-corrected chi connectivity index (χ1v) is 10.3. The lowest BCUT2D eigenvalue weighted by Gasteiger charge is -2.20. The molecule has 0 atom stereocenters. The van der Waals surface area contributed by atoms with E-state index in [4.69, 9.17) is 4.74 Å². The van der Waals surface area contributed by atoms with Gasteiger partial charge in [-0.3, -0.25) is 4.31 Å². The van der Waals surface area contributed by atoms with Crippen LogP contribution in [0, 0.1) is 5.82 Å². The van der Waals surface area contributed by atoms with Crippen molar-refractivity contribution in [2.24, 2.45) is 0 Å². The summed E-state index contributed by atoms with van der Waals surface area (Å²) in [4.78, 5) is 6.95. The SMILES string of the molecule is CN(c1ccc(Oc2cc(C(F)(F)F)nc3ncnn23)cc1)S(=O)(=O)c1ccc(F)cc1. The van der Waals surface area contributed by atoms with Gasteiger partial charge < -0.3 is 4.74 Å². The smallest absolute Gasteiger partial charge is 0.433 e. The summed E-state index contributed by atoms with van der Waals surface area (Å²) in [6.45, 7) is 0. The van der Waals surface area contributed by atoms with E-state index in [1.54, 1.807) is 0 Å². The van der Waals surface area contributed by atoms with Crippen molar-refractivity contribution >= 4 is 21.5 Å². The molecule has 2 aromatic carbocycles. The largest absolute Gasteiger partial charge is 0.439 e. The molecule has 4 rings (SSSR count). The van der Waals surface area contributed by atoms with E-state index in [0.29, 0.717) is 6.07 Å². The maximum Gasteiger partial charge on any atom is 0.433 e. The molecule has 0 aliphatic carbocycles. The second-order valence-electron chi connectivity index (χ2n) is 6.47. The van der Waals surface area contributed by atoms with Gasteiger partial charge in [0, 0.05) is 13.1 Å². The normalized spacial score (nSPS) is 12.2. The Morgan fingerprint density at radius 3 is 2.31 bits per heavy atom. The number of rotatable bonds is 5. The van der Waals surface area contributed by atoms with Crippen LogP contribution in [0.5, 0.6) is 11.6 Å². The van der Waals surface area contributed by atoms with E-state index in [-0.39, 0.29) is 28.0 Å². The van der Waals surface area contributed by atoms with Gasteiger partial charge in [-0.15, -0.1) is 0 Å². The molecule has 2 aromatic heterocycles. The number of hydrogen-bond acceptors (Lipinski definition) is 6. The van der Waals surface area contributed by atoms with Crippen molar-refractivity contribution in [3.8, 4) is 11.6 Å². The lowest BCUT2D eigenvalue weighted by atomic mass is 10.3. The fourth-order valence-electron chi connectivity index (χ4n) is 2.75. The molecule has 13 heteroatoms. The highest BCUT2D eigenvalue weighted by Gasteiger charge is 2.34. The first-order chi connectivity index (χ1) is 15.1. The average Bonchev–Trinajstić information content (AvgIpc) is 3.23. The van der Waals surface area contributed by atoms with Gasteiger partial charge in [-0.2, -0.15) is 27.8 Å². The van der Waals surface area contributed by atoms with Gasteiger partial charge in [0.05, 0.1) is 10.6 Å². The minimum Gasteiger partial charge on any atom is -0.439 e. The average molecular weight is 467 g/mol. The fourth-order valence-corrected chi connectivity index (χ4v) is 3.95. The molecule has 0 bridgehead atoms. The number of aromatic nitrogens is 4. The second kappa shape index (κ2) is 7.75. The van der Waals surface area contributed by atoms with Crippen LogP contribution in [0.3, 0.4) is 0 Å². The number of halogens is 4. The summed E-state index contributed by atoms with van der Waals surface area (Å²) >= 11 is 0. The Balaban J connectivity index is 1.61. The van der Waals surface area contributed by atoms with Gasteiger partial charge in [-0.05, 0) is 48.5 Å². The lowest BCUT2D eigenvalue weighted by molar-refractivity contribution is -0.141. The summed E-state index contributed by atoms with van der Waals surface area (Å²) < 4.78 is 85.3. The molecule has 166 valence electrons. The van der Waals surface area contributed by atoms with Gasteiger partial charge in [-0.25, -0.2) is 17.8 Å². The molecule has 0 spiro atoms. The Morgan fingerprint density at radius 1 is 1.03 bits per heavy atom. The number of anilines is 1. The monoisotopic (exact) mass is 467 g/mol. The number of fused-ring (bicyclic) bond motifs is 1. The van der Waals surface area contributed by atoms with Crippen molar-refractivity contribution in [1.82, 2.24) is 19.6 Å². The van der Waals surface area contributed by atoms with Crippen LogP contribution in [0.15, 0.2) is 65.8 Å². The quantitative estimate of drug-likeness (QED) is 0.414. The van der Waals surface area contributed by atoms with Crippen LogP contribution in [0.25, 0.3) is 5.78 Å². The Kier molecular flexibility index (Phi) is 5.20. The van der Waals surface area contributed by atoms with E-state index in [9.17, 15) is 26.0 Å². The molecular weight excluding hydrogens is 454 g/mol. The third kappa shape index (κ3) is 4.06. The van der Waals surface area contributed by atoms with Crippen molar-refractivity contribution in [3.05, 3.63) is 72.4 Å². The van der Waals surface area contributed by atoms with Crippen LogP contribution in [-0.4, -0.2) is 35.0 Å². The van der Waals surface area contributed by atoms with Crippen LogP contribution in [-0.2, 0) is 16.2 Å². The highest BCUT2D eigenvalue weighted by molar-refractivity contribution is 7.92. The minimum atomic E-state index is -4.72. The summed E-state index contributed by atoms with van der Waals surface area (Å²) in [7, 11) is -2.64. The van der Waals surface area contributed by atoms with Gasteiger partial charge in [0.15, 0.2) is 5.69 Å². The number of nitrogens with zero attached hydrogens (tertiary/aromatic N) is 5. The molecule has 0 fully saturated rings. The summed E-state index contributed by atoms with van der Waals surface area (Å²) in [5, 5.41) is 3.79. The van der Waals surface area contributed by atoms with Crippen molar-refractivity contribution in [1.29, 1.82) is 0 Å². The van der Waals surface area contributed by atoms with Crippen molar-refractivity contribution in [2.45, 2.75) is 11.1 Å². The number of alkyl halides is 3. The lowest BCUT2D eigenvalue weighted by Crippen LogP contribution is -2.26. The van der Waals surface area contributed by atoms with Crippen molar-refractivity contribution in [3.63, 3.8) is 0 Å². The molecule has 0 aliphatic rings. The van der Waals surface area contributed by atoms with E-state index in [1.807, 2.05) is 0 Å². The molecule has 0 saturated carbocycles. The molecule has 0 aliphatic heterocycles. The summed E-state index contributed by atoms with van der Waals surface area (Å²) in [6.07, 6.45) is -3.68. The maximum atomic E-state index is 13.1. The van der Waals surface area contributed by atoms with E-state index in [2.05, 4.69) is 15.1 Å². The third-order valence-corrected chi connectivity index (χ3v) is 6.20. The standard InChI is InChI=1S/C19H13F4N5O3S/c1-27(32(29,30)15-8-2-12(20)3-9-15)13-4-6-14(7-5-13)31-17-10-16(19(21,22)23)26-18-24-11-25-28(17)18/h2-11H,1H3. The summed E-state index contributed by atoms with van der Waals surface area (Å²) in [5.74, 6) is -1.02. The van der Waals surface area contributed by atoms with E-state index in [0.717, 1.165) is 39.4 Å². The van der Waals surface area contributed by atoms with Crippen LogP contribution in [0.1, 0.15) is 5.69 Å². The van der Waals surface area contributed by atoms with Gasteiger partial charge in [0.25, 0.3) is 15.8 Å².